The Bertz CT molecular complexity index is 1270. The maximum Gasteiger partial charge on any atom is 0.358 e. The number of esters is 1. The standard InChI is InChI=1S/C21H20N6O3S/c1-12-15(13(2)27-20(24-12)22-11-23-27)9-10-16(28)25-21-26-17(19(29)30-3)18(31-21)14-7-5-4-6-8-14/h4-8,11H,9-10H2,1-3H3,(H,25,26,28). The molecule has 0 bridgehead atoms. The summed E-state index contributed by atoms with van der Waals surface area (Å²) < 4.78 is 6.51. The van der Waals surface area contributed by atoms with Crippen LogP contribution >= 0.6 is 11.3 Å². The lowest BCUT2D eigenvalue weighted by molar-refractivity contribution is -0.116. The normalized spacial score (nSPS) is 10.9. The quantitative estimate of drug-likeness (QED) is 0.462. The molecule has 0 unspecified atom stereocenters. The van der Waals surface area contributed by atoms with Gasteiger partial charge in [0.15, 0.2) is 10.8 Å². The van der Waals surface area contributed by atoms with Gasteiger partial charge in [0.05, 0.1) is 12.0 Å². The number of carbonyl (C=O) groups excluding carboxylic acids is 2. The molecule has 0 aliphatic carbocycles. The van der Waals surface area contributed by atoms with E-state index in [4.69, 9.17) is 4.74 Å². The van der Waals surface area contributed by atoms with E-state index in [1.807, 2.05) is 44.2 Å². The minimum absolute atomic E-state index is 0.182. The third-order valence-corrected chi connectivity index (χ3v) is 5.90. The fourth-order valence-corrected chi connectivity index (χ4v) is 4.31. The molecule has 0 aliphatic heterocycles. The molecule has 4 rings (SSSR count). The van der Waals surface area contributed by atoms with Gasteiger partial charge in [-0.25, -0.2) is 19.3 Å². The smallest absolute Gasteiger partial charge is 0.358 e. The minimum Gasteiger partial charge on any atom is -0.464 e. The second-order valence-electron chi connectivity index (χ2n) is 6.84. The number of methoxy groups -OCH3 is 1. The van der Waals surface area contributed by atoms with Gasteiger partial charge in [0.25, 0.3) is 5.78 Å². The van der Waals surface area contributed by atoms with Crippen molar-refractivity contribution in [3.63, 3.8) is 0 Å². The predicted molar refractivity (Wildman–Crippen MR) is 116 cm³/mol. The zero-order valence-corrected chi connectivity index (χ0v) is 18.1. The van der Waals surface area contributed by atoms with Crippen LogP contribution in [0.3, 0.4) is 0 Å². The first-order chi connectivity index (χ1) is 15.0. The van der Waals surface area contributed by atoms with Crippen LogP contribution in [0.15, 0.2) is 36.7 Å². The Morgan fingerprint density at radius 2 is 1.94 bits per heavy atom. The number of benzene rings is 1. The zero-order valence-electron chi connectivity index (χ0n) is 17.2. The van der Waals surface area contributed by atoms with Crippen LogP contribution in [-0.2, 0) is 16.0 Å². The highest BCUT2D eigenvalue weighted by Gasteiger charge is 2.21. The van der Waals surface area contributed by atoms with Crippen molar-refractivity contribution in [2.75, 3.05) is 12.4 Å². The van der Waals surface area contributed by atoms with Gasteiger partial charge >= 0.3 is 5.97 Å². The summed E-state index contributed by atoms with van der Waals surface area (Å²) in [5, 5.41) is 7.32. The van der Waals surface area contributed by atoms with Crippen molar-refractivity contribution in [1.82, 2.24) is 24.6 Å². The summed E-state index contributed by atoms with van der Waals surface area (Å²) >= 11 is 1.24. The van der Waals surface area contributed by atoms with Crippen LogP contribution in [0.1, 0.15) is 33.9 Å². The molecule has 0 fully saturated rings. The number of rotatable bonds is 6. The Kier molecular flexibility index (Phi) is 5.72. The summed E-state index contributed by atoms with van der Waals surface area (Å²) in [7, 11) is 1.30. The average molecular weight is 436 g/mol. The van der Waals surface area contributed by atoms with Crippen molar-refractivity contribution in [3.05, 3.63) is 59.3 Å². The lowest BCUT2D eigenvalue weighted by atomic mass is 10.1. The van der Waals surface area contributed by atoms with E-state index >= 15 is 0 Å². The Morgan fingerprint density at radius 1 is 1.16 bits per heavy atom. The highest BCUT2D eigenvalue weighted by Crippen LogP contribution is 2.33. The van der Waals surface area contributed by atoms with Gasteiger partial charge in [-0.15, -0.1) is 0 Å². The number of aryl methyl sites for hydroxylation is 2. The number of nitrogens with zero attached hydrogens (tertiary/aromatic N) is 5. The molecule has 10 heteroatoms. The number of fused-ring (bicyclic) bond motifs is 1. The molecule has 0 saturated heterocycles. The van der Waals surface area contributed by atoms with Gasteiger partial charge in [-0.2, -0.15) is 10.1 Å². The topological polar surface area (TPSA) is 111 Å². The van der Waals surface area contributed by atoms with Crippen LogP contribution in [0.2, 0.25) is 0 Å². The summed E-state index contributed by atoms with van der Waals surface area (Å²) in [6, 6.07) is 9.40. The fraction of sp³-hybridized carbons (Fsp3) is 0.238. The monoisotopic (exact) mass is 436 g/mol. The van der Waals surface area contributed by atoms with Crippen LogP contribution in [0.5, 0.6) is 0 Å². The number of amides is 1. The fourth-order valence-electron chi connectivity index (χ4n) is 3.33. The molecule has 1 aromatic carbocycles. The number of aromatic nitrogens is 5. The summed E-state index contributed by atoms with van der Waals surface area (Å²) in [6.45, 7) is 3.82. The first-order valence-corrected chi connectivity index (χ1v) is 10.4. The van der Waals surface area contributed by atoms with Gasteiger partial charge in [-0.05, 0) is 31.4 Å². The number of hydrogen-bond acceptors (Lipinski definition) is 8. The molecule has 0 saturated carbocycles. The van der Waals surface area contributed by atoms with Crippen LogP contribution in [0, 0.1) is 13.8 Å². The third-order valence-electron chi connectivity index (χ3n) is 4.88. The second-order valence-corrected chi connectivity index (χ2v) is 7.83. The first kappa shape index (κ1) is 20.6. The molecule has 0 radical (unpaired) electrons. The molecular weight excluding hydrogens is 416 g/mol. The molecule has 9 nitrogen and oxygen atoms in total. The zero-order chi connectivity index (χ0) is 22.0. The molecule has 31 heavy (non-hydrogen) atoms. The Hall–Kier alpha value is -3.66. The van der Waals surface area contributed by atoms with Gasteiger partial charge in [-0.3, -0.25) is 4.79 Å². The van der Waals surface area contributed by atoms with Gasteiger partial charge in [0, 0.05) is 17.8 Å². The summed E-state index contributed by atoms with van der Waals surface area (Å²) in [5.74, 6) is -0.217. The summed E-state index contributed by atoms with van der Waals surface area (Å²) in [4.78, 5) is 38.3. The minimum atomic E-state index is -0.547. The van der Waals surface area contributed by atoms with E-state index in [9.17, 15) is 9.59 Å². The van der Waals surface area contributed by atoms with Crippen molar-refractivity contribution < 1.29 is 14.3 Å². The van der Waals surface area contributed by atoms with E-state index < -0.39 is 5.97 Å². The van der Waals surface area contributed by atoms with Crippen LogP contribution in [-0.4, -0.2) is 43.6 Å². The number of thiazole rings is 1. The Morgan fingerprint density at radius 3 is 2.68 bits per heavy atom. The van der Waals surface area contributed by atoms with Crippen molar-refractivity contribution in [3.8, 4) is 10.4 Å². The maximum atomic E-state index is 12.6. The van der Waals surface area contributed by atoms with Gasteiger partial charge in [-0.1, -0.05) is 41.7 Å². The SMILES string of the molecule is COC(=O)c1nc(NC(=O)CCc2c(C)nc3ncnn3c2C)sc1-c1ccccc1. The van der Waals surface area contributed by atoms with E-state index in [0.717, 1.165) is 22.5 Å². The lowest BCUT2D eigenvalue weighted by Crippen LogP contribution is -2.14. The Labute approximate surface area is 182 Å². The maximum absolute atomic E-state index is 12.6. The summed E-state index contributed by atoms with van der Waals surface area (Å²) in [5.41, 5.74) is 3.69. The van der Waals surface area contributed by atoms with Crippen LogP contribution in [0.25, 0.3) is 16.2 Å². The van der Waals surface area contributed by atoms with E-state index in [2.05, 4.69) is 25.4 Å². The number of hydrogen-bond donors (Lipinski definition) is 1. The first-order valence-electron chi connectivity index (χ1n) is 9.58. The van der Waals surface area contributed by atoms with Crippen LogP contribution in [0.4, 0.5) is 5.13 Å². The number of nitrogens with one attached hydrogen (secondary N) is 1. The molecule has 0 atom stereocenters. The average Bonchev–Trinajstić information content (AvgIpc) is 3.41. The number of carbonyl (C=O) groups is 2. The van der Waals surface area contributed by atoms with Crippen molar-refractivity contribution >= 4 is 34.1 Å². The highest BCUT2D eigenvalue weighted by atomic mass is 32.1. The molecule has 1 N–H and O–H groups in total. The van der Waals surface area contributed by atoms with Crippen molar-refractivity contribution in [2.24, 2.45) is 0 Å². The molecule has 0 spiro atoms. The molecular formula is C21H20N6O3S. The Balaban J connectivity index is 1.52. The second kappa shape index (κ2) is 8.60. The molecule has 158 valence electrons. The number of anilines is 1. The number of ether oxygens (including phenoxy) is 1. The van der Waals surface area contributed by atoms with Gasteiger partial charge < -0.3 is 10.1 Å². The molecule has 3 aromatic heterocycles. The highest BCUT2D eigenvalue weighted by molar-refractivity contribution is 7.19. The van der Waals surface area contributed by atoms with Crippen molar-refractivity contribution in [1.29, 1.82) is 0 Å². The van der Waals surface area contributed by atoms with Gasteiger partial charge in [0.2, 0.25) is 5.91 Å². The van der Waals surface area contributed by atoms with E-state index in [-0.39, 0.29) is 18.0 Å². The molecule has 4 aromatic rings. The molecule has 3 heterocycles. The largest absolute Gasteiger partial charge is 0.464 e. The van der Waals surface area contributed by atoms with E-state index in [1.54, 1.807) is 4.52 Å². The third kappa shape index (κ3) is 4.15. The molecule has 0 aliphatic rings. The van der Waals surface area contributed by atoms with Crippen molar-refractivity contribution in [2.45, 2.75) is 26.7 Å². The van der Waals surface area contributed by atoms with E-state index in [1.165, 1.54) is 24.8 Å². The summed E-state index contributed by atoms with van der Waals surface area (Å²) in [6.07, 6.45) is 2.18. The van der Waals surface area contributed by atoms with E-state index in [0.29, 0.717) is 22.2 Å². The predicted octanol–water partition coefficient (Wildman–Crippen LogP) is 3.22. The molecule has 1 amide bonds. The van der Waals surface area contributed by atoms with Gasteiger partial charge in [0.1, 0.15) is 6.33 Å². The lowest BCUT2D eigenvalue weighted by Gasteiger charge is -2.10. The van der Waals surface area contributed by atoms with Crippen LogP contribution < -0.4 is 5.32 Å².